The molecule has 0 aromatic heterocycles. The zero-order valence-corrected chi connectivity index (χ0v) is 6.16. The van der Waals surface area contributed by atoms with Gasteiger partial charge in [0.1, 0.15) is 0 Å². The summed E-state index contributed by atoms with van der Waals surface area (Å²) in [5.74, 6) is -0.370. The summed E-state index contributed by atoms with van der Waals surface area (Å²) in [6, 6.07) is 0. The Labute approximate surface area is 46.5 Å². The summed E-state index contributed by atoms with van der Waals surface area (Å²) in [4.78, 5) is 9.87. The second kappa shape index (κ2) is 3.14. The molecule has 0 atom stereocenters. The van der Waals surface area contributed by atoms with Gasteiger partial charge in [-0.3, -0.25) is 0 Å². The van der Waals surface area contributed by atoms with E-state index in [9.17, 15) is 4.79 Å². The van der Waals surface area contributed by atoms with Gasteiger partial charge in [-0.05, 0) is 0 Å². The first-order valence-corrected chi connectivity index (χ1v) is 2.74. The maximum atomic E-state index is 9.87. The molecule has 2 nitrogen and oxygen atoms in total. The molecule has 33 valence electrons. The van der Waals surface area contributed by atoms with Gasteiger partial charge in [-0.1, -0.05) is 0 Å². The van der Waals surface area contributed by atoms with E-state index in [1.54, 1.807) is 0 Å². The van der Waals surface area contributed by atoms with Crippen molar-refractivity contribution in [2.24, 2.45) is 0 Å². The average Bonchev–Trinajstić information content (AvgIpc) is 1.65. The fourth-order valence-corrected chi connectivity index (χ4v) is 0.341. The molecule has 0 saturated heterocycles. The van der Waals surface area contributed by atoms with E-state index in [4.69, 9.17) is 0 Å². The summed E-state index contributed by atoms with van der Waals surface area (Å²) in [5.41, 5.74) is 0. The Morgan fingerprint density at radius 2 is 2.50 bits per heavy atom. The van der Waals surface area contributed by atoms with Crippen LogP contribution in [0.25, 0.3) is 0 Å². The number of methoxy groups -OCH3 is 1. The van der Waals surface area contributed by atoms with Gasteiger partial charge in [0, 0.05) is 0 Å². The van der Waals surface area contributed by atoms with Gasteiger partial charge in [-0.15, -0.1) is 0 Å². The van der Waals surface area contributed by atoms with Crippen LogP contribution in [0.15, 0.2) is 0 Å². The van der Waals surface area contributed by atoms with Crippen LogP contribution in [0.4, 0.5) is 0 Å². The molecule has 0 N–H and O–H groups in total. The molecule has 0 aliphatic rings. The fraction of sp³-hybridized carbons (Fsp3) is 0.333. The van der Waals surface area contributed by atoms with Crippen molar-refractivity contribution in [1.29, 1.82) is 0 Å². The average molecular weight is 255 g/mol. The summed E-state index contributed by atoms with van der Waals surface area (Å²) in [6.45, 7) is 0. The van der Waals surface area contributed by atoms with Crippen molar-refractivity contribution in [3.63, 3.8) is 0 Å². The van der Waals surface area contributed by atoms with Gasteiger partial charge in [-0.2, -0.15) is 0 Å². The zero-order valence-electron chi connectivity index (χ0n) is 3.22. The maximum absolute atomic E-state index is 9.87. The van der Waals surface area contributed by atoms with Crippen molar-refractivity contribution in [3.8, 4) is 4.20 Å². The van der Waals surface area contributed by atoms with Crippen molar-refractivity contribution in [3.05, 3.63) is 0 Å². The summed E-state index contributed by atoms with van der Waals surface area (Å²) in [6.07, 6.45) is 0. The Bertz CT molecular complexity index is 91.5. The molecule has 0 rings (SSSR count). The Balaban J connectivity index is 3.33. The molecule has 6 heavy (non-hydrogen) atoms. The molecule has 3 heteroatoms. The SMILES string of the molecule is COC(=O)[C]#[W]. The van der Waals surface area contributed by atoms with Crippen LogP contribution in [0.1, 0.15) is 0 Å². The second-order valence-electron chi connectivity index (χ2n) is 0.594. The predicted molar refractivity (Wildman–Crippen MR) is 15.9 cm³/mol. The molecule has 0 heterocycles. The van der Waals surface area contributed by atoms with E-state index in [1.165, 1.54) is 7.11 Å². The predicted octanol–water partition coefficient (Wildman–Crippen LogP) is -0.335. The minimum absolute atomic E-state index is 0.370. The quantitative estimate of drug-likeness (QED) is 0.554. The number of rotatable bonds is 0. The number of esters is 1. The van der Waals surface area contributed by atoms with Crippen LogP contribution in [0.2, 0.25) is 0 Å². The van der Waals surface area contributed by atoms with Crippen molar-refractivity contribution in [2.45, 2.75) is 0 Å². The Hall–Kier alpha value is -0.0617. The van der Waals surface area contributed by atoms with Gasteiger partial charge in [-0.25, -0.2) is 0 Å². The molecule has 0 bridgehead atoms. The van der Waals surface area contributed by atoms with E-state index in [-0.39, 0.29) is 5.97 Å². The first-order chi connectivity index (χ1) is 2.81. The van der Waals surface area contributed by atoms with Crippen LogP contribution in [0.5, 0.6) is 0 Å². The molecule has 0 aromatic carbocycles. The number of hydrogen-bond donors (Lipinski definition) is 0. The van der Waals surface area contributed by atoms with Crippen LogP contribution in [-0.4, -0.2) is 13.1 Å². The van der Waals surface area contributed by atoms with Crippen LogP contribution < -0.4 is 0 Å². The minimum atomic E-state index is -0.370. The van der Waals surface area contributed by atoms with E-state index in [1.807, 2.05) is 0 Å². The van der Waals surface area contributed by atoms with E-state index >= 15 is 0 Å². The first-order valence-electron chi connectivity index (χ1n) is 1.27. The van der Waals surface area contributed by atoms with Crippen LogP contribution in [-0.2, 0) is 28.7 Å². The van der Waals surface area contributed by atoms with E-state index in [2.05, 4.69) is 8.94 Å². The third kappa shape index (κ3) is 2.19. The fourth-order valence-electron chi connectivity index (χ4n) is 0.0417. The number of hydrogen-bond acceptors (Lipinski definition) is 2. The summed E-state index contributed by atoms with van der Waals surface area (Å²) < 4.78 is 6.51. The molecular formula is C3H3O2W. The summed E-state index contributed by atoms with van der Waals surface area (Å²) in [5, 5.41) is 0. The van der Waals surface area contributed by atoms with Crippen molar-refractivity contribution < 1.29 is 28.7 Å². The standard InChI is InChI=1S/C3H3O2.W/c1-3(4)5-2;/h2H3;. The second-order valence-corrected chi connectivity index (χ2v) is 1.33. The van der Waals surface area contributed by atoms with Gasteiger partial charge in [0.15, 0.2) is 0 Å². The van der Waals surface area contributed by atoms with Crippen molar-refractivity contribution in [1.82, 2.24) is 0 Å². The van der Waals surface area contributed by atoms with E-state index in [0.717, 1.165) is 19.2 Å². The van der Waals surface area contributed by atoms with Crippen LogP contribution in [0, 0.1) is 4.20 Å². The van der Waals surface area contributed by atoms with Gasteiger partial charge < -0.3 is 0 Å². The Kier molecular flexibility index (Phi) is 3.11. The zero-order chi connectivity index (χ0) is 4.99. The van der Waals surface area contributed by atoms with Gasteiger partial charge in [0.2, 0.25) is 0 Å². The Morgan fingerprint density at radius 3 is 2.50 bits per heavy atom. The Morgan fingerprint density at radius 1 is 2.00 bits per heavy atom. The number of carbonyl (C=O) groups is 1. The molecule has 0 unspecified atom stereocenters. The molecule has 0 saturated carbocycles. The van der Waals surface area contributed by atoms with Gasteiger partial charge >= 0.3 is 46.0 Å². The monoisotopic (exact) mass is 255 g/mol. The molecule has 0 aliphatic heterocycles. The third-order valence-corrected chi connectivity index (χ3v) is 0.868. The number of ether oxygens (including phenoxy) is 1. The van der Waals surface area contributed by atoms with Gasteiger partial charge in [0.05, 0.1) is 0 Å². The normalized spacial score (nSPS) is 6.00. The van der Waals surface area contributed by atoms with Gasteiger partial charge in [0.25, 0.3) is 0 Å². The molecule has 0 spiro atoms. The molecule has 0 amide bonds. The first kappa shape index (κ1) is 5.94. The molecule has 0 aliphatic carbocycles. The summed E-state index contributed by atoms with van der Waals surface area (Å²) >= 11 is 0.997. The third-order valence-electron chi connectivity index (χ3n) is 0.269. The van der Waals surface area contributed by atoms with Crippen molar-refractivity contribution >= 4 is 5.97 Å². The molecular weight excluding hydrogens is 252 g/mol. The molecule has 0 aromatic rings. The van der Waals surface area contributed by atoms with Crippen LogP contribution >= 0.6 is 0 Å². The van der Waals surface area contributed by atoms with E-state index in [0.29, 0.717) is 0 Å². The van der Waals surface area contributed by atoms with Crippen LogP contribution in [0.3, 0.4) is 0 Å². The topological polar surface area (TPSA) is 26.3 Å². The summed E-state index contributed by atoms with van der Waals surface area (Å²) in [7, 11) is 1.33. The van der Waals surface area contributed by atoms with E-state index < -0.39 is 0 Å². The molecule has 0 radical (unpaired) electrons. The number of carbonyl (C=O) groups excluding carboxylic acids is 1. The molecule has 0 fully saturated rings. The van der Waals surface area contributed by atoms with Crippen molar-refractivity contribution in [2.75, 3.05) is 7.11 Å².